The average molecular weight is 400 g/mol. The van der Waals surface area contributed by atoms with Gasteiger partial charge >= 0.3 is 0 Å². The lowest BCUT2D eigenvalue weighted by Gasteiger charge is -2.24. The molecule has 3 heterocycles. The zero-order valence-corrected chi connectivity index (χ0v) is 15.8. The molecule has 4 aromatic rings. The smallest absolute Gasteiger partial charge is 0.244 e. The summed E-state index contributed by atoms with van der Waals surface area (Å²) in [7, 11) is 0. The summed E-state index contributed by atoms with van der Waals surface area (Å²) in [6, 6.07) is 21.5. The van der Waals surface area contributed by atoms with Gasteiger partial charge in [0.1, 0.15) is 16.8 Å². The van der Waals surface area contributed by atoms with Crippen LogP contribution >= 0.6 is 11.6 Å². The van der Waals surface area contributed by atoms with Gasteiger partial charge in [-0.05, 0) is 17.7 Å². The zero-order valence-electron chi connectivity index (χ0n) is 15.1. The summed E-state index contributed by atoms with van der Waals surface area (Å²) in [6.07, 6.45) is 0. The first-order valence-electron chi connectivity index (χ1n) is 8.94. The highest BCUT2D eigenvalue weighted by Gasteiger charge is 2.37. The van der Waals surface area contributed by atoms with E-state index >= 15 is 0 Å². The van der Waals surface area contributed by atoms with E-state index < -0.39 is 5.92 Å². The van der Waals surface area contributed by atoms with Gasteiger partial charge in [-0.3, -0.25) is 5.10 Å². The SMILES string of the molecule is N#CC1=C(N)Oc2n[nH]c(-c3ccccc3)c2[C@H]1c1cc2ccccc2nc1Cl. The maximum Gasteiger partial charge on any atom is 0.244 e. The third-order valence-corrected chi connectivity index (χ3v) is 5.32. The molecule has 2 aromatic heterocycles. The highest BCUT2D eigenvalue weighted by molar-refractivity contribution is 6.30. The Balaban J connectivity index is 1.80. The third-order valence-electron chi connectivity index (χ3n) is 5.02. The Labute approximate surface area is 171 Å². The number of nitrogens with two attached hydrogens (primary N) is 1. The van der Waals surface area contributed by atoms with E-state index in [1.807, 2.05) is 60.7 Å². The lowest BCUT2D eigenvalue weighted by molar-refractivity contribution is 0.379. The number of fused-ring (bicyclic) bond motifs is 2. The Kier molecular flexibility index (Phi) is 3.97. The van der Waals surface area contributed by atoms with Gasteiger partial charge < -0.3 is 10.5 Å². The fraction of sp³-hybridized carbons (Fsp3) is 0.0455. The maximum atomic E-state index is 9.86. The zero-order chi connectivity index (χ0) is 20.0. The molecule has 3 N–H and O–H groups in total. The molecule has 0 unspecified atom stereocenters. The molecule has 1 aliphatic heterocycles. The molecule has 2 aromatic carbocycles. The number of ether oxygens (including phenoxy) is 1. The lowest BCUT2D eigenvalue weighted by atomic mass is 9.83. The molecule has 0 spiro atoms. The van der Waals surface area contributed by atoms with Gasteiger partial charge in [0.2, 0.25) is 11.8 Å². The molecule has 0 saturated carbocycles. The Morgan fingerprint density at radius 2 is 1.86 bits per heavy atom. The predicted molar refractivity (Wildman–Crippen MR) is 110 cm³/mol. The molecule has 0 saturated heterocycles. The van der Waals surface area contributed by atoms with Gasteiger partial charge in [-0.2, -0.15) is 5.26 Å². The van der Waals surface area contributed by atoms with Crippen molar-refractivity contribution in [3.63, 3.8) is 0 Å². The van der Waals surface area contributed by atoms with Crippen molar-refractivity contribution in [2.75, 3.05) is 0 Å². The number of hydrogen-bond acceptors (Lipinski definition) is 5. The van der Waals surface area contributed by atoms with Crippen LogP contribution < -0.4 is 10.5 Å². The van der Waals surface area contributed by atoms with Crippen LogP contribution in [0.5, 0.6) is 5.88 Å². The number of nitriles is 1. The predicted octanol–water partition coefficient (Wildman–Crippen LogP) is 4.50. The summed E-state index contributed by atoms with van der Waals surface area (Å²) >= 11 is 6.58. The monoisotopic (exact) mass is 399 g/mol. The van der Waals surface area contributed by atoms with E-state index in [9.17, 15) is 5.26 Å². The fourth-order valence-electron chi connectivity index (χ4n) is 3.69. The quantitative estimate of drug-likeness (QED) is 0.483. The van der Waals surface area contributed by atoms with Crippen molar-refractivity contribution in [3.8, 4) is 23.2 Å². The topological polar surface area (TPSA) is 101 Å². The number of nitrogens with one attached hydrogen (secondary N) is 1. The van der Waals surface area contributed by atoms with Gasteiger partial charge in [0, 0.05) is 10.9 Å². The van der Waals surface area contributed by atoms with Crippen molar-refractivity contribution in [3.05, 3.63) is 88.4 Å². The molecule has 0 fully saturated rings. The second kappa shape index (κ2) is 6.66. The Morgan fingerprint density at radius 3 is 2.66 bits per heavy atom. The number of para-hydroxylation sites is 1. The minimum atomic E-state index is -0.553. The van der Waals surface area contributed by atoms with Crippen LogP contribution in [0.25, 0.3) is 22.2 Å². The number of aromatic amines is 1. The summed E-state index contributed by atoms with van der Waals surface area (Å²) < 4.78 is 5.65. The average Bonchev–Trinajstić information content (AvgIpc) is 3.16. The molecule has 0 aliphatic carbocycles. The van der Waals surface area contributed by atoms with Crippen LogP contribution in [-0.4, -0.2) is 15.2 Å². The van der Waals surface area contributed by atoms with Gasteiger partial charge in [0.05, 0.1) is 22.7 Å². The van der Waals surface area contributed by atoms with E-state index in [0.717, 1.165) is 22.2 Å². The van der Waals surface area contributed by atoms with E-state index in [1.54, 1.807) is 0 Å². The van der Waals surface area contributed by atoms with Crippen LogP contribution in [0, 0.1) is 11.3 Å². The molecular weight excluding hydrogens is 386 g/mol. The maximum absolute atomic E-state index is 9.86. The number of benzene rings is 2. The number of allylic oxidation sites excluding steroid dienone is 1. The Morgan fingerprint density at radius 1 is 1.10 bits per heavy atom. The third kappa shape index (κ3) is 2.72. The van der Waals surface area contributed by atoms with Crippen molar-refractivity contribution >= 4 is 22.5 Å². The number of rotatable bonds is 2. The van der Waals surface area contributed by atoms with Gasteiger partial charge in [-0.1, -0.05) is 60.1 Å². The van der Waals surface area contributed by atoms with E-state index in [2.05, 4.69) is 21.3 Å². The number of pyridine rings is 1. The first-order chi connectivity index (χ1) is 14.2. The van der Waals surface area contributed by atoms with E-state index in [-0.39, 0.29) is 11.5 Å². The molecule has 29 heavy (non-hydrogen) atoms. The Hall–Kier alpha value is -3.82. The molecule has 7 heteroatoms. The standard InChI is InChI=1S/C22H14ClN5O/c23-20-14(10-13-8-4-5-9-16(13)26-20)17-15(11-24)21(25)29-22-18(17)19(27-28-22)12-6-2-1-3-7-12/h1-10,17H,25H2,(H,27,28)/t17-/m0/s1. The van der Waals surface area contributed by atoms with Crippen LogP contribution in [-0.2, 0) is 0 Å². The highest BCUT2D eigenvalue weighted by atomic mass is 35.5. The molecule has 0 bridgehead atoms. The lowest BCUT2D eigenvalue weighted by Crippen LogP contribution is -2.21. The number of H-pyrrole nitrogens is 1. The van der Waals surface area contributed by atoms with Gasteiger partial charge in [0.25, 0.3) is 0 Å². The summed E-state index contributed by atoms with van der Waals surface area (Å²) in [6.45, 7) is 0. The van der Waals surface area contributed by atoms with Gasteiger partial charge in [0.15, 0.2) is 0 Å². The van der Waals surface area contributed by atoms with Gasteiger partial charge in [-0.25, -0.2) is 4.98 Å². The van der Waals surface area contributed by atoms with E-state index in [0.29, 0.717) is 22.2 Å². The first kappa shape index (κ1) is 17.3. The summed E-state index contributed by atoms with van der Waals surface area (Å²) in [5.74, 6) is -0.211. The molecule has 6 nitrogen and oxygen atoms in total. The number of halogens is 1. The molecule has 5 rings (SSSR count). The second-order valence-corrected chi connectivity index (χ2v) is 7.03. The molecule has 1 atom stereocenters. The fourth-order valence-corrected chi connectivity index (χ4v) is 3.95. The molecule has 0 radical (unpaired) electrons. The number of aromatic nitrogens is 3. The van der Waals surface area contributed by atoms with Crippen molar-refractivity contribution < 1.29 is 4.74 Å². The van der Waals surface area contributed by atoms with Crippen molar-refractivity contribution in [1.29, 1.82) is 5.26 Å². The molecule has 1 aliphatic rings. The normalized spacial score (nSPS) is 15.7. The largest absolute Gasteiger partial charge is 0.420 e. The van der Waals surface area contributed by atoms with Crippen LogP contribution in [0.2, 0.25) is 5.15 Å². The number of nitrogens with zero attached hydrogens (tertiary/aromatic N) is 3. The minimum Gasteiger partial charge on any atom is -0.420 e. The summed E-state index contributed by atoms with van der Waals surface area (Å²) in [5, 5.41) is 18.4. The van der Waals surface area contributed by atoms with Crippen LogP contribution in [0.3, 0.4) is 0 Å². The minimum absolute atomic E-state index is 0.0142. The van der Waals surface area contributed by atoms with Crippen LogP contribution in [0.1, 0.15) is 17.0 Å². The van der Waals surface area contributed by atoms with Crippen LogP contribution in [0.4, 0.5) is 0 Å². The van der Waals surface area contributed by atoms with Crippen molar-refractivity contribution in [2.45, 2.75) is 5.92 Å². The highest BCUT2D eigenvalue weighted by Crippen LogP contribution is 2.47. The number of hydrogen-bond donors (Lipinski definition) is 2. The summed E-state index contributed by atoms with van der Waals surface area (Å²) in [5.41, 5.74) is 10.2. The molecule has 0 amide bonds. The molecular formula is C22H14ClN5O. The van der Waals surface area contributed by atoms with Crippen LogP contribution in [0.15, 0.2) is 72.1 Å². The van der Waals surface area contributed by atoms with Crippen molar-refractivity contribution in [2.24, 2.45) is 5.73 Å². The Bertz CT molecular complexity index is 1320. The molecule has 140 valence electrons. The van der Waals surface area contributed by atoms with E-state index in [1.165, 1.54) is 0 Å². The second-order valence-electron chi connectivity index (χ2n) is 6.67. The first-order valence-corrected chi connectivity index (χ1v) is 9.31. The van der Waals surface area contributed by atoms with Gasteiger partial charge in [-0.15, -0.1) is 5.10 Å². The summed E-state index contributed by atoms with van der Waals surface area (Å²) in [4.78, 5) is 4.53. The van der Waals surface area contributed by atoms with Crippen molar-refractivity contribution in [1.82, 2.24) is 15.2 Å². The van der Waals surface area contributed by atoms with E-state index in [4.69, 9.17) is 22.1 Å².